The molecule has 24 nitrogen and oxygen atoms in total. The van der Waals surface area contributed by atoms with Crippen LogP contribution in [0.25, 0.3) is 31.3 Å². The maximum atomic E-state index is 13.9. The Morgan fingerprint density at radius 2 is 1.06 bits per heavy atom. The van der Waals surface area contributed by atoms with Crippen molar-refractivity contribution >= 4 is 11.8 Å². The topological polar surface area (TPSA) is 300 Å². The van der Waals surface area contributed by atoms with E-state index in [2.05, 4.69) is 37.0 Å². The lowest BCUT2D eigenvalue weighted by Crippen LogP contribution is -2.64. The molecule has 1 aromatic rings. The molecule has 6 heterocycles. The van der Waals surface area contributed by atoms with E-state index in [-0.39, 0.29) is 23.7 Å². The number of ether oxygens (including phenoxy) is 13. The van der Waals surface area contributed by atoms with E-state index in [9.17, 15) is 26.2 Å². The van der Waals surface area contributed by atoms with Gasteiger partial charge in [0.2, 0.25) is 0 Å². The molecule has 1 aromatic carbocycles. The molecule has 6 saturated heterocycles. The standard InChI is InChI=1S/C53H81N9O15/c1-13-34-25(4)26(5)38(57-60-54)50(68-34)76-44-30(9)45(71-37-23-19-20-24-66-37)53(77-47(44)31(10)63)75-43-28(7)40(59-62-56)51(70-36(43)15-3)73-41-29(8)46(72-48(64)33-21-17-16-18-22-33)52(67-32(41)11)74-42-27(6)39(58-61-55)49(65-12)69-35(42)14-2/h16-18,21-22,25-30,32,34-47,49-53H,13-15,19-20,23-24H2,1-12H3/t25-,26-,27+,28+,29-,30-,32?,34?,35?,36?,37?,38?,39?,40-,41-,42-,43-,44-,45-,46?,47?,49-,50+,51?,52+,53?/m0/s1. The average Bonchev–Trinajstić information content (AvgIpc) is 3.48. The van der Waals surface area contributed by atoms with Gasteiger partial charge >= 0.3 is 5.97 Å². The zero-order valence-electron chi connectivity index (χ0n) is 46.5. The van der Waals surface area contributed by atoms with Gasteiger partial charge in [-0.1, -0.05) is 95.9 Å². The van der Waals surface area contributed by atoms with Crippen LogP contribution in [0.3, 0.4) is 0 Å². The number of hydrogen-bond acceptors (Lipinski definition) is 18. The molecule has 0 saturated carbocycles. The first-order valence-electron chi connectivity index (χ1n) is 27.6. The van der Waals surface area contributed by atoms with Crippen LogP contribution in [0, 0.1) is 35.5 Å². The molecule has 77 heavy (non-hydrogen) atoms. The van der Waals surface area contributed by atoms with E-state index in [1.807, 2.05) is 62.3 Å². The van der Waals surface area contributed by atoms with Crippen LogP contribution >= 0.6 is 0 Å². The minimum Gasteiger partial charge on any atom is -0.453 e. The monoisotopic (exact) mass is 1080 g/mol. The fourth-order valence-electron chi connectivity index (χ4n) is 12.1. The van der Waals surface area contributed by atoms with Crippen molar-refractivity contribution in [1.82, 2.24) is 0 Å². The summed E-state index contributed by atoms with van der Waals surface area (Å²) in [5.41, 5.74) is 29.6. The molecule has 0 spiro atoms. The van der Waals surface area contributed by atoms with Crippen molar-refractivity contribution in [3.8, 4) is 0 Å². The maximum absolute atomic E-state index is 13.9. The Labute approximate surface area is 451 Å². The molecule has 428 valence electrons. The molecule has 6 fully saturated rings. The number of benzene rings is 1. The molecule has 6 aliphatic rings. The van der Waals surface area contributed by atoms with Crippen molar-refractivity contribution in [2.75, 3.05) is 13.7 Å². The number of ketones is 1. The lowest BCUT2D eigenvalue weighted by atomic mass is 9.81. The minimum atomic E-state index is -1.17. The number of rotatable bonds is 20. The molecule has 24 heteroatoms. The second-order valence-electron chi connectivity index (χ2n) is 21.6. The highest BCUT2D eigenvalue weighted by atomic mass is 16.8. The van der Waals surface area contributed by atoms with Gasteiger partial charge in [-0.2, -0.15) is 0 Å². The lowest BCUT2D eigenvalue weighted by Gasteiger charge is -2.52. The predicted octanol–water partition coefficient (Wildman–Crippen LogP) is 9.63. The molecule has 0 radical (unpaired) electrons. The first-order valence-corrected chi connectivity index (χ1v) is 27.6. The molecule has 7 rings (SSSR count). The van der Waals surface area contributed by atoms with Gasteiger partial charge in [-0.05, 0) is 105 Å². The largest absolute Gasteiger partial charge is 0.453 e. The number of hydrogen-bond donors (Lipinski definition) is 0. The minimum absolute atomic E-state index is 0.0741. The number of esters is 1. The number of carbonyl (C=O) groups is 2. The van der Waals surface area contributed by atoms with E-state index in [0.29, 0.717) is 37.9 Å². The lowest BCUT2D eigenvalue weighted by molar-refractivity contribution is -0.370. The van der Waals surface area contributed by atoms with E-state index < -0.39 is 147 Å². The van der Waals surface area contributed by atoms with Crippen molar-refractivity contribution in [2.45, 2.75) is 238 Å². The molecule has 26 atom stereocenters. The summed E-state index contributed by atoms with van der Waals surface area (Å²) in [7, 11) is 1.48. The Balaban J connectivity index is 1.15. The summed E-state index contributed by atoms with van der Waals surface area (Å²) in [6, 6.07) is 6.16. The van der Waals surface area contributed by atoms with Gasteiger partial charge in [0, 0.05) is 40.3 Å². The molecule has 0 amide bonds. The van der Waals surface area contributed by atoms with Gasteiger partial charge in [0.1, 0.15) is 12.2 Å². The smallest absolute Gasteiger partial charge is 0.338 e. The van der Waals surface area contributed by atoms with Gasteiger partial charge in [-0.3, -0.25) is 4.79 Å². The normalized spacial score (nSPS) is 43.4. The van der Waals surface area contributed by atoms with Gasteiger partial charge in [0.25, 0.3) is 0 Å². The molecule has 0 bridgehead atoms. The SMILES string of the molecule is CCC1O[C@H](O[C@@H]2C(C(C)=O)OC(O[C@@H]3C(CC)OC(O[C@@H]4C(C)O[C@H](O[C@@H]5C(CC)O[C@H](OC)C(N=[N+]=[N-])[C@H]5C)C(OC(=O)c5ccccc5)[C@H]4C)[C@@H](N=[N+]=[N-])[C@H]3C)[C@@H](OC3CCCCO3)[C@H]2C)C(N=[N+]=[N-])[C@@H](C)[C@@H]1C. The fraction of sp³-hybridized carbons (Fsp3) is 0.849. The summed E-state index contributed by atoms with van der Waals surface area (Å²) in [6.45, 7) is 21.2. The van der Waals surface area contributed by atoms with Crippen LogP contribution in [-0.4, -0.2) is 148 Å². The number of azide groups is 3. The van der Waals surface area contributed by atoms with Crippen LogP contribution in [0.2, 0.25) is 0 Å². The zero-order valence-corrected chi connectivity index (χ0v) is 46.5. The molecule has 11 unspecified atom stereocenters. The van der Waals surface area contributed by atoms with Gasteiger partial charge in [-0.15, -0.1) is 0 Å². The highest BCUT2D eigenvalue weighted by molar-refractivity contribution is 5.89. The molecular formula is C53H81N9O15. The van der Waals surface area contributed by atoms with Gasteiger partial charge in [-0.25, -0.2) is 4.79 Å². The van der Waals surface area contributed by atoms with E-state index in [1.165, 1.54) is 14.0 Å². The second-order valence-corrected chi connectivity index (χ2v) is 21.6. The molecule has 6 aliphatic heterocycles. The predicted molar refractivity (Wildman–Crippen MR) is 275 cm³/mol. The molecule has 0 N–H and O–H groups in total. The Hall–Kier alpha value is -4.19. The van der Waals surface area contributed by atoms with Gasteiger partial charge in [0.05, 0.1) is 72.5 Å². The highest BCUT2D eigenvalue weighted by Crippen LogP contribution is 2.44. The van der Waals surface area contributed by atoms with Crippen molar-refractivity contribution in [3.05, 3.63) is 67.2 Å². The fourth-order valence-corrected chi connectivity index (χ4v) is 12.1. The first kappa shape index (κ1) is 60.5. The van der Waals surface area contributed by atoms with E-state index in [1.54, 1.807) is 30.3 Å². The van der Waals surface area contributed by atoms with E-state index in [0.717, 1.165) is 12.8 Å². The van der Waals surface area contributed by atoms with Crippen LogP contribution < -0.4 is 0 Å². The van der Waals surface area contributed by atoms with Crippen LogP contribution in [-0.2, 0) is 66.4 Å². The molecule has 0 aromatic heterocycles. The second kappa shape index (κ2) is 27.8. The number of nitrogens with zero attached hydrogens (tertiary/aromatic N) is 9. The van der Waals surface area contributed by atoms with Crippen LogP contribution in [0.1, 0.15) is 125 Å². The Bertz CT molecular complexity index is 2240. The zero-order chi connectivity index (χ0) is 55.7. The van der Waals surface area contributed by atoms with Crippen molar-refractivity contribution < 1.29 is 71.2 Å². The van der Waals surface area contributed by atoms with Crippen molar-refractivity contribution in [1.29, 1.82) is 0 Å². The van der Waals surface area contributed by atoms with Crippen molar-refractivity contribution in [3.63, 3.8) is 0 Å². The number of methoxy groups -OCH3 is 1. The number of carbonyl (C=O) groups excluding carboxylic acids is 2. The van der Waals surface area contributed by atoms with Gasteiger partial charge < -0.3 is 61.6 Å². The Morgan fingerprint density at radius 3 is 1.60 bits per heavy atom. The van der Waals surface area contributed by atoms with E-state index in [4.69, 9.17) is 61.6 Å². The van der Waals surface area contributed by atoms with Crippen LogP contribution in [0.5, 0.6) is 0 Å². The summed E-state index contributed by atoms with van der Waals surface area (Å²) < 4.78 is 85.1. The number of Topliss-reactive ketones (excluding diaryl/α,β-unsaturated/α-hetero) is 1. The summed E-state index contributed by atoms with van der Waals surface area (Å²) in [4.78, 5) is 37.1. The Morgan fingerprint density at radius 1 is 0.558 bits per heavy atom. The highest BCUT2D eigenvalue weighted by Gasteiger charge is 2.56. The maximum Gasteiger partial charge on any atom is 0.338 e. The molecule has 0 aliphatic carbocycles. The first-order chi connectivity index (χ1) is 37.0. The summed E-state index contributed by atoms with van der Waals surface area (Å²) in [5.74, 6) is -3.14. The average molecular weight is 1080 g/mol. The van der Waals surface area contributed by atoms with Gasteiger partial charge in [0.15, 0.2) is 49.6 Å². The quantitative estimate of drug-likeness (QED) is 0.0508. The molecular weight excluding hydrogens is 1000 g/mol. The van der Waals surface area contributed by atoms with E-state index >= 15 is 0 Å². The Kier molecular flexibility index (Phi) is 21.8. The third kappa shape index (κ3) is 13.5. The summed E-state index contributed by atoms with van der Waals surface area (Å²) in [6.07, 6.45) is -10.2. The third-order valence-corrected chi connectivity index (χ3v) is 16.8. The summed E-state index contributed by atoms with van der Waals surface area (Å²) >= 11 is 0. The van der Waals surface area contributed by atoms with Crippen molar-refractivity contribution in [2.24, 2.45) is 50.9 Å². The third-order valence-electron chi connectivity index (χ3n) is 16.8. The summed E-state index contributed by atoms with van der Waals surface area (Å²) in [5, 5.41) is 12.4. The van der Waals surface area contributed by atoms with Crippen LogP contribution in [0.15, 0.2) is 45.7 Å². The van der Waals surface area contributed by atoms with Crippen LogP contribution in [0.4, 0.5) is 0 Å².